The number of methoxy groups -OCH3 is 1. The summed E-state index contributed by atoms with van der Waals surface area (Å²) in [6.45, 7) is 13.2. The maximum Gasteiger partial charge on any atom is 0.412 e. The number of amides is 1. The summed E-state index contributed by atoms with van der Waals surface area (Å²) in [6, 6.07) is 3.62. The summed E-state index contributed by atoms with van der Waals surface area (Å²) in [6.07, 6.45) is 0.453. The molecule has 5 nitrogen and oxygen atoms in total. The topological polar surface area (TPSA) is 64.6 Å². The SMILES string of the molecule is CCC(C)(C)C(=O)Cc1cc(C)c(OC)cc1NC(=O)OC(C)(C)C. The molecule has 0 atom stereocenters. The molecule has 0 spiro atoms. The third kappa shape index (κ3) is 6.07. The number of Topliss-reactive ketones (excluding diaryl/α,β-unsaturated/α-hetero) is 1. The van der Waals surface area contributed by atoms with Gasteiger partial charge in [-0.1, -0.05) is 20.8 Å². The molecule has 0 unspecified atom stereocenters. The summed E-state index contributed by atoms with van der Waals surface area (Å²) in [4.78, 5) is 24.8. The lowest BCUT2D eigenvalue weighted by Gasteiger charge is -2.23. The zero-order valence-corrected chi connectivity index (χ0v) is 16.7. The van der Waals surface area contributed by atoms with Gasteiger partial charge in [-0.2, -0.15) is 0 Å². The first-order valence-corrected chi connectivity index (χ1v) is 8.60. The van der Waals surface area contributed by atoms with Crippen molar-refractivity contribution in [3.8, 4) is 5.75 Å². The first-order valence-electron chi connectivity index (χ1n) is 8.60. The lowest BCUT2D eigenvalue weighted by atomic mass is 9.82. The van der Waals surface area contributed by atoms with Gasteiger partial charge in [-0.3, -0.25) is 10.1 Å². The van der Waals surface area contributed by atoms with E-state index in [1.807, 2.05) is 33.8 Å². The Bertz CT molecular complexity index is 642. The Balaban J connectivity index is 3.16. The molecule has 5 heteroatoms. The van der Waals surface area contributed by atoms with Crippen LogP contribution in [-0.2, 0) is 16.0 Å². The van der Waals surface area contributed by atoms with E-state index in [2.05, 4.69) is 5.32 Å². The Hall–Kier alpha value is -2.04. The highest BCUT2D eigenvalue weighted by molar-refractivity contribution is 5.91. The van der Waals surface area contributed by atoms with Gasteiger partial charge in [0.2, 0.25) is 0 Å². The van der Waals surface area contributed by atoms with Crippen LogP contribution in [0, 0.1) is 12.3 Å². The molecule has 140 valence electrons. The van der Waals surface area contributed by atoms with Crippen molar-refractivity contribution < 1.29 is 19.1 Å². The minimum absolute atomic E-state index is 0.131. The van der Waals surface area contributed by atoms with Gasteiger partial charge in [0, 0.05) is 17.9 Å². The van der Waals surface area contributed by atoms with Crippen LogP contribution in [0.3, 0.4) is 0 Å². The van der Waals surface area contributed by atoms with Crippen molar-refractivity contribution in [2.75, 3.05) is 12.4 Å². The number of carbonyl (C=O) groups excluding carboxylic acids is 2. The van der Waals surface area contributed by atoms with Gasteiger partial charge in [0.15, 0.2) is 0 Å². The van der Waals surface area contributed by atoms with Crippen LogP contribution in [0.2, 0.25) is 0 Å². The average Bonchev–Trinajstić information content (AvgIpc) is 2.47. The molecule has 25 heavy (non-hydrogen) atoms. The van der Waals surface area contributed by atoms with Crippen molar-refractivity contribution in [2.45, 2.75) is 66.9 Å². The Morgan fingerprint density at radius 3 is 2.20 bits per heavy atom. The predicted molar refractivity (Wildman–Crippen MR) is 100 cm³/mol. The fourth-order valence-electron chi connectivity index (χ4n) is 2.25. The van der Waals surface area contributed by atoms with Crippen LogP contribution >= 0.6 is 0 Å². The number of nitrogens with one attached hydrogen (secondary N) is 1. The number of hydrogen-bond acceptors (Lipinski definition) is 4. The lowest BCUT2D eigenvalue weighted by Crippen LogP contribution is -2.28. The summed E-state index contributed by atoms with van der Waals surface area (Å²) >= 11 is 0. The van der Waals surface area contributed by atoms with Gasteiger partial charge in [-0.25, -0.2) is 4.79 Å². The molecule has 0 radical (unpaired) electrons. The van der Waals surface area contributed by atoms with E-state index < -0.39 is 17.1 Å². The standard InChI is InChI=1S/C20H31NO4/c1-9-20(6,7)17(22)11-14-10-13(2)16(24-8)12-15(14)21-18(23)25-19(3,4)5/h10,12H,9,11H2,1-8H3,(H,21,23). The molecule has 0 bridgehead atoms. The maximum absolute atomic E-state index is 12.6. The van der Waals surface area contributed by atoms with Crippen molar-refractivity contribution in [1.29, 1.82) is 0 Å². The third-order valence-corrected chi connectivity index (χ3v) is 4.25. The van der Waals surface area contributed by atoms with Gasteiger partial charge < -0.3 is 9.47 Å². The van der Waals surface area contributed by atoms with E-state index >= 15 is 0 Å². The first-order chi connectivity index (χ1) is 11.4. The molecular weight excluding hydrogens is 318 g/mol. The number of anilines is 1. The largest absolute Gasteiger partial charge is 0.496 e. The zero-order chi connectivity index (χ0) is 19.4. The van der Waals surface area contributed by atoms with Gasteiger partial charge in [-0.15, -0.1) is 0 Å². The summed E-state index contributed by atoms with van der Waals surface area (Å²) in [5.41, 5.74) is 1.21. The van der Waals surface area contributed by atoms with Crippen LogP contribution in [0.15, 0.2) is 12.1 Å². The number of ketones is 1. The molecule has 1 aromatic carbocycles. The van der Waals surface area contributed by atoms with Crippen molar-refractivity contribution in [1.82, 2.24) is 0 Å². The monoisotopic (exact) mass is 349 g/mol. The number of hydrogen-bond donors (Lipinski definition) is 1. The third-order valence-electron chi connectivity index (χ3n) is 4.25. The molecule has 0 aromatic heterocycles. The van der Waals surface area contributed by atoms with Crippen molar-refractivity contribution in [2.24, 2.45) is 5.41 Å². The number of carbonyl (C=O) groups is 2. The molecule has 1 aromatic rings. The van der Waals surface area contributed by atoms with Gasteiger partial charge in [0.25, 0.3) is 0 Å². The maximum atomic E-state index is 12.6. The molecule has 0 aliphatic carbocycles. The fraction of sp³-hybridized carbons (Fsp3) is 0.600. The van der Waals surface area contributed by atoms with E-state index in [0.717, 1.165) is 17.5 Å². The number of ether oxygens (including phenoxy) is 2. The molecule has 0 aliphatic rings. The Morgan fingerprint density at radius 2 is 1.72 bits per heavy atom. The van der Waals surface area contributed by atoms with E-state index in [1.165, 1.54) is 0 Å². The Labute approximate surface area is 151 Å². The Kier molecular flexibility index (Phi) is 6.63. The number of rotatable bonds is 6. The lowest BCUT2D eigenvalue weighted by molar-refractivity contribution is -0.126. The van der Waals surface area contributed by atoms with E-state index in [9.17, 15) is 9.59 Å². The smallest absolute Gasteiger partial charge is 0.412 e. The summed E-state index contributed by atoms with van der Waals surface area (Å²) in [5.74, 6) is 0.781. The first kappa shape index (κ1) is 21.0. The second-order valence-electron chi connectivity index (χ2n) is 7.94. The number of benzene rings is 1. The predicted octanol–water partition coefficient (Wildman–Crippen LogP) is 4.90. The summed E-state index contributed by atoms with van der Waals surface area (Å²) in [5, 5.41) is 2.75. The minimum Gasteiger partial charge on any atom is -0.496 e. The van der Waals surface area contributed by atoms with Crippen LogP contribution in [0.1, 0.15) is 59.1 Å². The van der Waals surface area contributed by atoms with Crippen LogP contribution in [0.4, 0.5) is 10.5 Å². The molecule has 1 amide bonds. The quantitative estimate of drug-likeness (QED) is 0.793. The van der Waals surface area contributed by atoms with Crippen LogP contribution in [0.25, 0.3) is 0 Å². The molecule has 1 rings (SSSR count). The average molecular weight is 349 g/mol. The normalized spacial score (nSPS) is 11.8. The highest BCUT2D eigenvalue weighted by atomic mass is 16.6. The molecule has 1 N–H and O–H groups in total. The highest BCUT2D eigenvalue weighted by Gasteiger charge is 2.27. The molecule has 0 aliphatic heterocycles. The molecule has 0 saturated heterocycles. The van der Waals surface area contributed by atoms with Gasteiger partial charge >= 0.3 is 6.09 Å². The molecular formula is C20H31NO4. The van der Waals surface area contributed by atoms with E-state index in [0.29, 0.717) is 11.4 Å². The zero-order valence-electron chi connectivity index (χ0n) is 16.7. The van der Waals surface area contributed by atoms with Crippen LogP contribution < -0.4 is 10.1 Å². The molecule has 0 fully saturated rings. The molecule has 0 saturated carbocycles. The van der Waals surface area contributed by atoms with E-state index in [4.69, 9.17) is 9.47 Å². The number of aryl methyl sites for hydroxylation is 1. The van der Waals surface area contributed by atoms with Gasteiger partial charge in [0.1, 0.15) is 17.1 Å². The Morgan fingerprint density at radius 1 is 1.12 bits per heavy atom. The minimum atomic E-state index is -0.598. The summed E-state index contributed by atoms with van der Waals surface area (Å²) < 4.78 is 10.7. The van der Waals surface area contributed by atoms with Crippen LogP contribution in [-0.4, -0.2) is 24.6 Å². The highest BCUT2D eigenvalue weighted by Crippen LogP contribution is 2.30. The van der Waals surface area contributed by atoms with Crippen molar-refractivity contribution in [3.63, 3.8) is 0 Å². The van der Waals surface area contributed by atoms with Crippen molar-refractivity contribution >= 4 is 17.6 Å². The fourth-order valence-corrected chi connectivity index (χ4v) is 2.25. The van der Waals surface area contributed by atoms with Gasteiger partial charge in [0.05, 0.1) is 12.8 Å². The summed E-state index contributed by atoms with van der Waals surface area (Å²) in [7, 11) is 1.57. The van der Waals surface area contributed by atoms with Crippen molar-refractivity contribution in [3.05, 3.63) is 23.3 Å². The van der Waals surface area contributed by atoms with E-state index in [-0.39, 0.29) is 12.2 Å². The second-order valence-corrected chi connectivity index (χ2v) is 7.94. The van der Waals surface area contributed by atoms with E-state index in [1.54, 1.807) is 33.9 Å². The van der Waals surface area contributed by atoms with Gasteiger partial charge in [-0.05, 0) is 51.3 Å². The second kappa shape index (κ2) is 7.89. The van der Waals surface area contributed by atoms with Crippen LogP contribution in [0.5, 0.6) is 5.75 Å². The molecule has 0 heterocycles.